The third-order valence-electron chi connectivity index (χ3n) is 4.48. The first kappa shape index (κ1) is 22.3. The molecule has 0 unspecified atom stereocenters. The van der Waals surface area contributed by atoms with Gasteiger partial charge >= 0.3 is 7.60 Å². The number of hydrogen-bond acceptors (Lipinski definition) is 6. The highest BCUT2D eigenvalue weighted by molar-refractivity contribution is 7.61. The molecular formula is C21H27FN3O4P. The molecule has 0 atom stereocenters. The number of halogens is 1. The molecule has 0 radical (unpaired) electrons. The van der Waals surface area contributed by atoms with Crippen LogP contribution in [0.25, 0.3) is 28.7 Å². The second kappa shape index (κ2) is 8.76. The zero-order chi connectivity index (χ0) is 22.1. The molecule has 2 N–H and O–H groups in total. The minimum atomic E-state index is -3.59. The van der Waals surface area contributed by atoms with Gasteiger partial charge in [0.2, 0.25) is 5.50 Å². The zero-order valence-electron chi connectivity index (χ0n) is 17.6. The lowest BCUT2D eigenvalue weighted by Gasteiger charge is -2.14. The first-order valence-electron chi connectivity index (χ1n) is 9.86. The number of anilines is 1. The van der Waals surface area contributed by atoms with Crippen LogP contribution < -0.4 is 11.2 Å². The lowest BCUT2D eigenvalue weighted by atomic mass is 10.1. The predicted molar refractivity (Wildman–Crippen MR) is 117 cm³/mol. The molecule has 30 heavy (non-hydrogen) atoms. The lowest BCUT2D eigenvalue weighted by molar-refractivity contribution is 0.225. The summed E-state index contributed by atoms with van der Waals surface area (Å²) in [5, 5.41) is 0. The summed E-state index contributed by atoms with van der Waals surface area (Å²) < 4.78 is 45.9. The highest BCUT2D eigenvalue weighted by Crippen LogP contribution is 2.48. The van der Waals surface area contributed by atoms with E-state index in [1.165, 1.54) is 6.07 Å². The second-order valence-corrected chi connectivity index (χ2v) is 9.13. The average molecular weight is 435 g/mol. The number of imidazole rings is 1. The summed E-state index contributed by atoms with van der Waals surface area (Å²) in [5.74, 6) is 0.508. The summed E-state index contributed by atoms with van der Waals surface area (Å²) in [6.45, 7) is 12.4. The highest BCUT2D eigenvalue weighted by atomic mass is 31.2. The van der Waals surface area contributed by atoms with Gasteiger partial charge in [-0.05, 0) is 38.0 Å². The molecule has 162 valence electrons. The monoisotopic (exact) mass is 435 g/mol. The number of rotatable bonds is 9. The van der Waals surface area contributed by atoms with E-state index < -0.39 is 13.4 Å². The van der Waals surface area contributed by atoms with Crippen LogP contribution in [0.4, 0.5) is 10.1 Å². The lowest BCUT2D eigenvalue weighted by Crippen LogP contribution is -2.09. The summed E-state index contributed by atoms with van der Waals surface area (Å²) in [6.07, 6.45) is 1.57. The molecule has 0 fully saturated rings. The third-order valence-corrected chi connectivity index (χ3v) is 6.46. The number of furan rings is 1. The Bertz CT molecular complexity index is 1110. The molecule has 1 aromatic carbocycles. The van der Waals surface area contributed by atoms with Gasteiger partial charge in [-0.15, -0.1) is 0 Å². The van der Waals surface area contributed by atoms with Gasteiger partial charge in [0.1, 0.15) is 11.3 Å². The molecule has 9 heteroatoms. The summed E-state index contributed by atoms with van der Waals surface area (Å²) in [6, 6.07) is 4.55. The fourth-order valence-corrected chi connectivity index (χ4v) is 4.79. The normalized spacial score (nSPS) is 12.2. The summed E-state index contributed by atoms with van der Waals surface area (Å²) in [5.41, 5.74) is 7.62. The first-order chi connectivity index (χ1) is 14.3. The second-order valence-electron chi connectivity index (χ2n) is 7.17. The summed E-state index contributed by atoms with van der Waals surface area (Å²) in [4.78, 5) is 4.58. The van der Waals surface area contributed by atoms with Gasteiger partial charge < -0.3 is 23.8 Å². The molecular weight excluding hydrogens is 408 g/mol. The highest BCUT2D eigenvalue weighted by Gasteiger charge is 2.32. The molecule has 0 spiro atoms. The number of nitrogen functional groups attached to an aromatic ring is 1. The fourth-order valence-electron chi connectivity index (χ4n) is 3.32. The van der Waals surface area contributed by atoms with E-state index in [1.807, 2.05) is 4.57 Å². The van der Waals surface area contributed by atoms with Crippen LogP contribution in [-0.2, 0) is 20.2 Å². The van der Waals surface area contributed by atoms with Crippen LogP contribution in [0.5, 0.6) is 0 Å². The molecule has 3 aromatic rings. The van der Waals surface area contributed by atoms with E-state index in [0.29, 0.717) is 34.7 Å². The maximum atomic E-state index is 14.3. The van der Waals surface area contributed by atoms with Crippen molar-refractivity contribution in [3.8, 4) is 11.6 Å². The molecule has 7 nitrogen and oxygen atoms in total. The first-order valence-corrected chi connectivity index (χ1v) is 11.4. The Morgan fingerprint density at radius 3 is 2.57 bits per heavy atom. The van der Waals surface area contributed by atoms with Gasteiger partial charge in [-0.25, -0.2) is 9.37 Å². The van der Waals surface area contributed by atoms with E-state index in [4.69, 9.17) is 19.2 Å². The number of benzene rings is 1. The molecule has 0 saturated heterocycles. The quantitative estimate of drug-likeness (QED) is 0.366. The Morgan fingerprint density at radius 2 is 2.00 bits per heavy atom. The van der Waals surface area contributed by atoms with Gasteiger partial charge in [0.25, 0.3) is 0 Å². The van der Waals surface area contributed by atoms with Gasteiger partial charge in [-0.2, -0.15) is 0 Å². The average Bonchev–Trinajstić information content (AvgIpc) is 3.31. The Hall–Kier alpha value is -2.41. The van der Waals surface area contributed by atoms with Gasteiger partial charge in [0, 0.05) is 12.1 Å². The van der Waals surface area contributed by atoms with Crippen molar-refractivity contribution in [1.82, 2.24) is 9.55 Å². The maximum Gasteiger partial charge on any atom is 0.396 e. The maximum absolute atomic E-state index is 14.3. The number of nitrogens with two attached hydrogens (primary N) is 1. The smallest absolute Gasteiger partial charge is 0.396 e. The molecule has 0 aliphatic heterocycles. The summed E-state index contributed by atoms with van der Waals surface area (Å²) >= 11 is 0. The van der Waals surface area contributed by atoms with E-state index in [0.717, 1.165) is 0 Å². The fraction of sp³-hybridized carbons (Fsp3) is 0.381. The zero-order valence-corrected chi connectivity index (χ0v) is 18.5. The number of fused-ring (bicyclic) bond motifs is 1. The van der Waals surface area contributed by atoms with Crippen LogP contribution in [0, 0.1) is 11.7 Å². The predicted octanol–water partition coefficient (Wildman–Crippen LogP) is 5.21. The molecule has 0 bridgehead atoms. The Morgan fingerprint density at radius 1 is 1.33 bits per heavy atom. The SMILES string of the molecule is C=Cc1cc(F)c(N)c2nc(-c3ccc(P(=O)(OCC)OCC)o3)n(CC(C)C)c12. The van der Waals surface area contributed by atoms with Crippen molar-refractivity contribution < 1.29 is 22.4 Å². The Balaban J connectivity index is 2.24. The van der Waals surface area contributed by atoms with Crippen molar-refractivity contribution in [3.63, 3.8) is 0 Å². The molecule has 0 aliphatic rings. The molecule has 0 amide bonds. The van der Waals surface area contributed by atoms with Crippen LogP contribution >= 0.6 is 7.60 Å². The van der Waals surface area contributed by atoms with Crippen LogP contribution in [0.3, 0.4) is 0 Å². The number of hydrogen-bond donors (Lipinski definition) is 1. The van der Waals surface area contributed by atoms with E-state index in [-0.39, 0.29) is 30.3 Å². The molecule has 2 aromatic heterocycles. The standard InChI is InChI=1S/C21H27FN3O4P/c1-6-14-11-15(22)18(23)19-20(14)25(12-13(4)5)21(24-19)16-9-10-17(29-16)30(26,27-7-2)28-8-3/h6,9-11,13H,1,7-8,12,23H2,2-5H3. The minimum absolute atomic E-state index is 0.0413. The van der Waals surface area contributed by atoms with Crippen molar-refractivity contribution in [1.29, 1.82) is 0 Å². The van der Waals surface area contributed by atoms with Crippen molar-refractivity contribution in [2.45, 2.75) is 34.2 Å². The molecule has 2 heterocycles. The van der Waals surface area contributed by atoms with Gasteiger partial charge in [0.05, 0.1) is 24.4 Å². The van der Waals surface area contributed by atoms with Gasteiger partial charge in [-0.3, -0.25) is 4.57 Å². The summed E-state index contributed by atoms with van der Waals surface area (Å²) in [7, 11) is -3.59. The topological polar surface area (TPSA) is 92.5 Å². The Kier molecular flexibility index (Phi) is 6.50. The molecule has 0 saturated carbocycles. The minimum Gasteiger partial charge on any atom is -0.445 e. The van der Waals surface area contributed by atoms with Crippen LogP contribution in [-0.4, -0.2) is 22.8 Å². The van der Waals surface area contributed by atoms with Crippen LogP contribution in [0.2, 0.25) is 0 Å². The van der Waals surface area contributed by atoms with Crippen molar-refractivity contribution in [2.24, 2.45) is 5.92 Å². The Labute approximate surface area is 175 Å². The van der Waals surface area contributed by atoms with Gasteiger partial charge in [-0.1, -0.05) is 26.5 Å². The van der Waals surface area contributed by atoms with E-state index in [1.54, 1.807) is 32.1 Å². The van der Waals surface area contributed by atoms with E-state index in [2.05, 4.69) is 25.4 Å². The largest absolute Gasteiger partial charge is 0.445 e. The molecule has 3 rings (SSSR count). The van der Waals surface area contributed by atoms with Crippen molar-refractivity contribution in [3.05, 3.63) is 36.2 Å². The van der Waals surface area contributed by atoms with Crippen molar-refractivity contribution in [2.75, 3.05) is 18.9 Å². The number of nitrogens with zero attached hydrogens (tertiary/aromatic N) is 2. The van der Waals surface area contributed by atoms with Gasteiger partial charge in [0.15, 0.2) is 11.6 Å². The van der Waals surface area contributed by atoms with Crippen LogP contribution in [0.1, 0.15) is 33.3 Å². The molecule has 0 aliphatic carbocycles. The van der Waals surface area contributed by atoms with E-state index >= 15 is 0 Å². The number of aromatic nitrogens is 2. The van der Waals surface area contributed by atoms with Crippen LogP contribution in [0.15, 0.2) is 29.2 Å². The third kappa shape index (κ3) is 3.95. The van der Waals surface area contributed by atoms with Crippen molar-refractivity contribution >= 4 is 35.9 Å². The van der Waals surface area contributed by atoms with E-state index in [9.17, 15) is 8.96 Å².